The van der Waals surface area contributed by atoms with Gasteiger partial charge in [0.1, 0.15) is 12.6 Å². The van der Waals surface area contributed by atoms with Gasteiger partial charge in [-0.25, -0.2) is 9.59 Å². The molecule has 1 atom stereocenters. The first-order valence-electron chi connectivity index (χ1n) is 6.35. The Balaban J connectivity index is 2.06. The Hall–Kier alpha value is -1.52. The summed E-state index contributed by atoms with van der Waals surface area (Å²) >= 11 is 0. The molecule has 1 heterocycles. The van der Waals surface area contributed by atoms with Gasteiger partial charge in [-0.15, -0.1) is 0 Å². The lowest BCUT2D eigenvalue weighted by molar-refractivity contribution is -0.146. The molecule has 2 rings (SSSR count). The number of carboxylic acids is 1. The Morgan fingerprint density at radius 3 is 2.67 bits per heavy atom. The molecule has 0 bridgehead atoms. The molecule has 5 nitrogen and oxygen atoms in total. The van der Waals surface area contributed by atoms with E-state index in [1.807, 2.05) is 0 Å². The van der Waals surface area contributed by atoms with Crippen LogP contribution >= 0.6 is 0 Å². The van der Waals surface area contributed by atoms with Crippen molar-refractivity contribution in [1.29, 1.82) is 0 Å². The highest BCUT2D eigenvalue weighted by atomic mass is 16.6. The highest BCUT2D eigenvalue weighted by Crippen LogP contribution is 2.48. The van der Waals surface area contributed by atoms with Crippen LogP contribution in [0.2, 0.25) is 0 Å². The molecule has 2 aliphatic rings. The van der Waals surface area contributed by atoms with Crippen LogP contribution in [0, 0.1) is 5.41 Å². The lowest BCUT2D eigenvalue weighted by atomic mass is 9.63. The third kappa shape index (κ3) is 2.35. The Morgan fingerprint density at radius 2 is 2.17 bits per heavy atom. The van der Waals surface area contributed by atoms with Crippen LogP contribution in [0.4, 0.5) is 4.79 Å². The van der Waals surface area contributed by atoms with E-state index in [-0.39, 0.29) is 12.0 Å². The highest BCUT2D eigenvalue weighted by Gasteiger charge is 2.47. The summed E-state index contributed by atoms with van der Waals surface area (Å²) in [6.07, 6.45) is 5.72. The molecule has 0 radical (unpaired) electrons. The van der Waals surface area contributed by atoms with E-state index in [2.05, 4.69) is 6.58 Å². The minimum absolute atomic E-state index is 0.120. The second-order valence-corrected chi connectivity index (χ2v) is 5.24. The van der Waals surface area contributed by atoms with E-state index in [9.17, 15) is 14.7 Å². The lowest BCUT2D eigenvalue weighted by Crippen LogP contribution is -2.56. The molecule has 1 aliphatic heterocycles. The minimum atomic E-state index is -0.945. The SMILES string of the molecule is C=CCOC(=O)N1CC2(CCC2)CCC1C(=O)O. The van der Waals surface area contributed by atoms with Gasteiger partial charge in [0.2, 0.25) is 0 Å². The van der Waals surface area contributed by atoms with Crippen molar-refractivity contribution in [2.75, 3.05) is 13.2 Å². The van der Waals surface area contributed by atoms with Crippen molar-refractivity contribution in [3.63, 3.8) is 0 Å². The zero-order valence-corrected chi connectivity index (χ0v) is 10.4. The number of carbonyl (C=O) groups excluding carboxylic acids is 1. The molecule has 18 heavy (non-hydrogen) atoms. The number of likely N-dealkylation sites (tertiary alicyclic amines) is 1. The van der Waals surface area contributed by atoms with E-state index in [0.717, 1.165) is 19.3 Å². The number of piperidine rings is 1. The molecule has 0 aromatic heterocycles. The van der Waals surface area contributed by atoms with E-state index in [1.54, 1.807) is 0 Å². The molecular formula is C13H19NO4. The van der Waals surface area contributed by atoms with E-state index in [1.165, 1.54) is 17.4 Å². The quantitative estimate of drug-likeness (QED) is 0.781. The third-order valence-corrected chi connectivity index (χ3v) is 4.09. The van der Waals surface area contributed by atoms with E-state index < -0.39 is 18.1 Å². The molecule has 0 aromatic rings. The maximum atomic E-state index is 11.9. The largest absolute Gasteiger partial charge is 0.480 e. The van der Waals surface area contributed by atoms with Crippen molar-refractivity contribution in [2.45, 2.75) is 38.1 Å². The Kier molecular flexibility index (Phi) is 3.59. The maximum Gasteiger partial charge on any atom is 0.410 e. The van der Waals surface area contributed by atoms with Gasteiger partial charge in [-0.05, 0) is 31.1 Å². The zero-order chi connectivity index (χ0) is 13.2. The molecule has 1 aliphatic carbocycles. The normalized spacial score (nSPS) is 25.3. The number of aliphatic carboxylic acids is 1. The number of carbonyl (C=O) groups is 2. The molecular weight excluding hydrogens is 234 g/mol. The minimum Gasteiger partial charge on any atom is -0.480 e. The van der Waals surface area contributed by atoms with E-state index >= 15 is 0 Å². The highest BCUT2D eigenvalue weighted by molar-refractivity contribution is 5.80. The zero-order valence-electron chi connectivity index (χ0n) is 10.4. The number of carboxylic acid groups (broad SMARTS) is 1. The predicted molar refractivity (Wildman–Crippen MR) is 65.2 cm³/mol. The molecule has 1 saturated carbocycles. The first-order chi connectivity index (χ1) is 8.58. The van der Waals surface area contributed by atoms with Gasteiger partial charge in [0, 0.05) is 6.54 Å². The van der Waals surface area contributed by atoms with Gasteiger partial charge >= 0.3 is 12.1 Å². The van der Waals surface area contributed by atoms with Crippen molar-refractivity contribution in [1.82, 2.24) is 4.90 Å². The summed E-state index contributed by atoms with van der Waals surface area (Å²) in [5.41, 5.74) is 0.152. The molecule has 1 spiro atoms. The van der Waals surface area contributed by atoms with Crippen molar-refractivity contribution in [2.24, 2.45) is 5.41 Å². The molecule has 5 heteroatoms. The van der Waals surface area contributed by atoms with E-state index in [0.29, 0.717) is 13.0 Å². The molecule has 1 unspecified atom stereocenters. The predicted octanol–water partition coefficient (Wildman–Crippen LogP) is 2.03. The van der Waals surface area contributed by atoms with Crippen LogP contribution in [0.25, 0.3) is 0 Å². The summed E-state index contributed by atoms with van der Waals surface area (Å²) in [6, 6.07) is -0.742. The Bertz CT molecular complexity index is 362. The number of rotatable bonds is 3. The first kappa shape index (κ1) is 12.9. The van der Waals surface area contributed by atoms with Crippen molar-refractivity contribution in [3.05, 3.63) is 12.7 Å². The molecule has 2 fully saturated rings. The standard InChI is InChI=1S/C13H19NO4/c1-2-8-18-12(17)14-9-13(5-3-6-13)7-4-10(14)11(15)16/h2,10H,1,3-9H2,(H,15,16). The van der Waals surface area contributed by atoms with Crippen LogP contribution < -0.4 is 0 Å². The number of hydrogen-bond donors (Lipinski definition) is 1. The van der Waals surface area contributed by atoms with Crippen molar-refractivity contribution >= 4 is 12.1 Å². The number of nitrogens with zero attached hydrogens (tertiary/aromatic N) is 1. The average Bonchev–Trinajstić information content (AvgIpc) is 2.33. The second kappa shape index (κ2) is 5.00. The molecule has 100 valence electrons. The summed E-state index contributed by atoms with van der Waals surface area (Å²) in [6.45, 7) is 4.11. The van der Waals surface area contributed by atoms with Gasteiger partial charge in [-0.3, -0.25) is 4.90 Å². The fraction of sp³-hybridized carbons (Fsp3) is 0.692. The average molecular weight is 253 g/mol. The van der Waals surface area contributed by atoms with Gasteiger partial charge in [0.15, 0.2) is 0 Å². The van der Waals surface area contributed by atoms with Crippen LogP contribution in [0.5, 0.6) is 0 Å². The lowest BCUT2D eigenvalue weighted by Gasteiger charge is -2.50. The van der Waals surface area contributed by atoms with Crippen LogP contribution in [0.15, 0.2) is 12.7 Å². The van der Waals surface area contributed by atoms with Crippen LogP contribution in [0.3, 0.4) is 0 Å². The molecule has 0 aromatic carbocycles. The molecule has 1 N–H and O–H groups in total. The van der Waals surface area contributed by atoms with Crippen molar-refractivity contribution in [3.8, 4) is 0 Å². The number of ether oxygens (including phenoxy) is 1. The molecule has 1 amide bonds. The number of hydrogen-bond acceptors (Lipinski definition) is 3. The van der Waals surface area contributed by atoms with Gasteiger partial charge in [0.25, 0.3) is 0 Å². The second-order valence-electron chi connectivity index (χ2n) is 5.24. The fourth-order valence-electron chi connectivity index (χ4n) is 2.90. The summed E-state index contributed by atoms with van der Waals surface area (Å²) in [4.78, 5) is 24.5. The van der Waals surface area contributed by atoms with Gasteiger partial charge in [-0.1, -0.05) is 19.1 Å². The Morgan fingerprint density at radius 1 is 1.44 bits per heavy atom. The first-order valence-corrected chi connectivity index (χ1v) is 6.35. The summed E-state index contributed by atoms with van der Waals surface area (Å²) in [5, 5.41) is 9.17. The Labute approximate surface area is 106 Å². The van der Waals surface area contributed by atoms with Crippen LogP contribution in [0.1, 0.15) is 32.1 Å². The smallest absolute Gasteiger partial charge is 0.410 e. The topological polar surface area (TPSA) is 66.8 Å². The summed E-state index contributed by atoms with van der Waals surface area (Å²) in [7, 11) is 0. The summed E-state index contributed by atoms with van der Waals surface area (Å²) < 4.78 is 4.98. The monoisotopic (exact) mass is 253 g/mol. The fourth-order valence-corrected chi connectivity index (χ4v) is 2.90. The van der Waals surface area contributed by atoms with Crippen molar-refractivity contribution < 1.29 is 19.4 Å². The third-order valence-electron chi connectivity index (χ3n) is 4.09. The van der Waals surface area contributed by atoms with Gasteiger partial charge in [0.05, 0.1) is 0 Å². The van der Waals surface area contributed by atoms with Gasteiger partial charge < -0.3 is 9.84 Å². The summed E-state index contributed by atoms with van der Waals surface area (Å²) in [5.74, 6) is -0.945. The van der Waals surface area contributed by atoms with Crippen LogP contribution in [-0.2, 0) is 9.53 Å². The van der Waals surface area contributed by atoms with E-state index in [4.69, 9.17) is 4.74 Å². The van der Waals surface area contributed by atoms with Gasteiger partial charge in [-0.2, -0.15) is 0 Å². The van der Waals surface area contributed by atoms with Crippen LogP contribution in [-0.4, -0.2) is 41.3 Å². The molecule has 1 saturated heterocycles. The number of amides is 1. The maximum absolute atomic E-state index is 11.9.